The lowest BCUT2D eigenvalue weighted by molar-refractivity contribution is 0.183. The molecule has 0 aromatic heterocycles. The summed E-state index contributed by atoms with van der Waals surface area (Å²) in [6.07, 6.45) is 4.33. The lowest BCUT2D eigenvalue weighted by Crippen LogP contribution is -2.42. The first-order chi connectivity index (χ1) is 10.1. The van der Waals surface area contributed by atoms with Crippen LogP contribution in [0.1, 0.15) is 43.6 Å². The van der Waals surface area contributed by atoms with Gasteiger partial charge in [-0.3, -0.25) is 0 Å². The Bertz CT molecular complexity index is 498. The lowest BCUT2D eigenvalue weighted by Gasteiger charge is -2.29. The molecule has 0 unspecified atom stereocenters. The van der Waals surface area contributed by atoms with Gasteiger partial charge in [0.1, 0.15) is 0 Å². The van der Waals surface area contributed by atoms with E-state index in [0.717, 1.165) is 30.2 Å². The summed E-state index contributed by atoms with van der Waals surface area (Å²) < 4.78 is 1.13. The number of amides is 1. The van der Waals surface area contributed by atoms with Crippen molar-refractivity contribution in [1.29, 1.82) is 0 Å². The molecule has 0 heterocycles. The maximum absolute atomic E-state index is 10.6. The summed E-state index contributed by atoms with van der Waals surface area (Å²) in [5.41, 5.74) is 1.41. The minimum Gasteiger partial charge on any atom is -0.465 e. The number of carboxylic acid groups (broad SMARTS) is 1. The minimum absolute atomic E-state index is 0.141. The molecule has 2 saturated carbocycles. The van der Waals surface area contributed by atoms with Gasteiger partial charge < -0.3 is 15.7 Å². The van der Waals surface area contributed by atoms with Crippen molar-refractivity contribution in [3.05, 3.63) is 34.3 Å². The fourth-order valence-electron chi connectivity index (χ4n) is 3.34. The molecule has 2 aliphatic rings. The van der Waals surface area contributed by atoms with Gasteiger partial charge in [-0.1, -0.05) is 28.1 Å². The van der Waals surface area contributed by atoms with Gasteiger partial charge in [-0.05, 0) is 49.8 Å². The standard InChI is InChI=1S/C16H21BrN2O2/c17-11-3-1-10(2-4-11)14-9-15(14)18-12-5-7-13(8-6-12)19-16(20)21/h1-4,12-15,18-19H,5-9H2,(H,20,21)/t12-,13-,14-,15+/m0/s1. The number of benzene rings is 1. The fourth-order valence-corrected chi connectivity index (χ4v) is 3.60. The molecule has 5 heteroatoms. The van der Waals surface area contributed by atoms with Crippen LogP contribution in [-0.4, -0.2) is 29.3 Å². The summed E-state index contributed by atoms with van der Waals surface area (Å²) in [6.45, 7) is 0. The molecule has 2 atom stereocenters. The molecule has 1 amide bonds. The van der Waals surface area contributed by atoms with Crippen LogP contribution in [0.5, 0.6) is 0 Å². The van der Waals surface area contributed by atoms with Crippen LogP contribution in [0.2, 0.25) is 0 Å². The second-order valence-corrected chi connectivity index (χ2v) is 7.08. The van der Waals surface area contributed by atoms with E-state index in [1.807, 2.05) is 0 Å². The van der Waals surface area contributed by atoms with E-state index in [4.69, 9.17) is 5.11 Å². The molecular formula is C16H21BrN2O2. The van der Waals surface area contributed by atoms with Gasteiger partial charge in [0.2, 0.25) is 0 Å². The molecule has 1 aromatic carbocycles. The Labute approximate surface area is 133 Å². The minimum atomic E-state index is -0.899. The van der Waals surface area contributed by atoms with E-state index >= 15 is 0 Å². The van der Waals surface area contributed by atoms with E-state index in [1.54, 1.807) is 0 Å². The zero-order chi connectivity index (χ0) is 14.8. The van der Waals surface area contributed by atoms with Crippen molar-refractivity contribution in [3.8, 4) is 0 Å². The van der Waals surface area contributed by atoms with Gasteiger partial charge in [0.05, 0.1) is 0 Å². The number of nitrogens with one attached hydrogen (secondary N) is 2. The van der Waals surface area contributed by atoms with E-state index in [0.29, 0.717) is 18.0 Å². The zero-order valence-corrected chi connectivity index (χ0v) is 13.5. The highest BCUT2D eigenvalue weighted by atomic mass is 79.9. The van der Waals surface area contributed by atoms with Crippen LogP contribution in [0.15, 0.2) is 28.7 Å². The molecule has 21 heavy (non-hydrogen) atoms. The van der Waals surface area contributed by atoms with Crippen LogP contribution in [0.4, 0.5) is 4.79 Å². The number of hydrogen-bond acceptors (Lipinski definition) is 2. The Morgan fingerprint density at radius 1 is 1.10 bits per heavy atom. The molecule has 0 radical (unpaired) electrons. The Morgan fingerprint density at radius 3 is 2.33 bits per heavy atom. The molecule has 0 bridgehead atoms. The summed E-state index contributed by atoms with van der Waals surface area (Å²) in [5, 5.41) is 15.1. The molecule has 4 nitrogen and oxygen atoms in total. The topological polar surface area (TPSA) is 61.4 Å². The zero-order valence-electron chi connectivity index (χ0n) is 11.9. The van der Waals surface area contributed by atoms with Gasteiger partial charge in [0.25, 0.3) is 0 Å². The first kappa shape index (κ1) is 14.9. The maximum atomic E-state index is 10.6. The van der Waals surface area contributed by atoms with Crippen molar-refractivity contribution in [2.75, 3.05) is 0 Å². The Balaban J connectivity index is 1.43. The molecule has 2 fully saturated rings. The van der Waals surface area contributed by atoms with Crippen molar-refractivity contribution < 1.29 is 9.90 Å². The molecule has 0 spiro atoms. The van der Waals surface area contributed by atoms with Crippen LogP contribution < -0.4 is 10.6 Å². The van der Waals surface area contributed by atoms with Gasteiger partial charge in [-0.25, -0.2) is 4.79 Å². The number of halogens is 1. The van der Waals surface area contributed by atoms with E-state index in [1.165, 1.54) is 12.0 Å². The number of rotatable bonds is 4. The van der Waals surface area contributed by atoms with E-state index in [2.05, 4.69) is 50.8 Å². The fraction of sp³-hybridized carbons (Fsp3) is 0.562. The third-order valence-corrected chi connectivity index (χ3v) is 5.12. The highest BCUT2D eigenvalue weighted by molar-refractivity contribution is 9.10. The van der Waals surface area contributed by atoms with E-state index < -0.39 is 6.09 Å². The van der Waals surface area contributed by atoms with Gasteiger partial charge >= 0.3 is 6.09 Å². The highest BCUT2D eigenvalue weighted by Gasteiger charge is 2.39. The van der Waals surface area contributed by atoms with Crippen molar-refractivity contribution >= 4 is 22.0 Å². The van der Waals surface area contributed by atoms with E-state index in [9.17, 15) is 4.79 Å². The Kier molecular flexibility index (Phi) is 4.50. The summed E-state index contributed by atoms with van der Waals surface area (Å²) >= 11 is 3.47. The van der Waals surface area contributed by atoms with Gasteiger partial charge in [-0.2, -0.15) is 0 Å². The molecular weight excluding hydrogens is 332 g/mol. The van der Waals surface area contributed by atoms with Gasteiger partial charge in [0.15, 0.2) is 0 Å². The molecule has 0 saturated heterocycles. The predicted octanol–water partition coefficient (Wildman–Crippen LogP) is 3.47. The average molecular weight is 353 g/mol. The second kappa shape index (κ2) is 6.36. The molecule has 3 N–H and O–H groups in total. The van der Waals surface area contributed by atoms with Crippen LogP contribution in [0.25, 0.3) is 0 Å². The van der Waals surface area contributed by atoms with Crippen LogP contribution in [0.3, 0.4) is 0 Å². The van der Waals surface area contributed by atoms with Crippen LogP contribution in [-0.2, 0) is 0 Å². The molecule has 3 rings (SSSR count). The largest absolute Gasteiger partial charge is 0.465 e. The molecule has 2 aliphatic carbocycles. The quantitative estimate of drug-likeness (QED) is 0.777. The summed E-state index contributed by atoms with van der Waals surface area (Å²) in [7, 11) is 0. The average Bonchev–Trinajstić information content (AvgIpc) is 3.20. The Morgan fingerprint density at radius 2 is 1.71 bits per heavy atom. The molecule has 114 valence electrons. The van der Waals surface area contributed by atoms with Crippen molar-refractivity contribution in [2.45, 2.75) is 56.1 Å². The Hall–Kier alpha value is -1.07. The highest BCUT2D eigenvalue weighted by Crippen LogP contribution is 2.42. The summed E-state index contributed by atoms with van der Waals surface area (Å²) in [6, 6.07) is 9.89. The first-order valence-electron chi connectivity index (χ1n) is 7.63. The molecule has 0 aliphatic heterocycles. The summed E-state index contributed by atoms with van der Waals surface area (Å²) in [4.78, 5) is 10.6. The van der Waals surface area contributed by atoms with Gasteiger partial charge in [0, 0.05) is 28.5 Å². The van der Waals surface area contributed by atoms with Crippen LogP contribution in [0, 0.1) is 0 Å². The van der Waals surface area contributed by atoms with Gasteiger partial charge in [-0.15, -0.1) is 0 Å². The third-order valence-electron chi connectivity index (χ3n) is 4.59. The monoisotopic (exact) mass is 352 g/mol. The summed E-state index contributed by atoms with van der Waals surface area (Å²) in [5.74, 6) is 0.646. The smallest absolute Gasteiger partial charge is 0.404 e. The normalized spacial score (nSPS) is 31.7. The second-order valence-electron chi connectivity index (χ2n) is 6.16. The van der Waals surface area contributed by atoms with Crippen molar-refractivity contribution in [2.24, 2.45) is 0 Å². The number of carbonyl (C=O) groups is 1. The SMILES string of the molecule is O=C(O)N[C@H]1CC[C@H](N[C@@H]2C[C@H]2c2ccc(Br)cc2)CC1. The van der Waals surface area contributed by atoms with Crippen molar-refractivity contribution in [3.63, 3.8) is 0 Å². The first-order valence-corrected chi connectivity index (χ1v) is 8.42. The molecule has 1 aromatic rings. The maximum Gasteiger partial charge on any atom is 0.404 e. The third kappa shape index (κ3) is 3.98. The van der Waals surface area contributed by atoms with E-state index in [-0.39, 0.29) is 6.04 Å². The van der Waals surface area contributed by atoms with Crippen molar-refractivity contribution in [1.82, 2.24) is 10.6 Å². The lowest BCUT2D eigenvalue weighted by atomic mass is 9.91. The van der Waals surface area contributed by atoms with Crippen LogP contribution >= 0.6 is 15.9 Å². The predicted molar refractivity (Wildman–Crippen MR) is 85.6 cm³/mol. The number of hydrogen-bond donors (Lipinski definition) is 3.